The Kier molecular flexibility index (Phi) is 4.56. The number of rotatable bonds is 6. The molecule has 0 amide bonds. The van der Waals surface area contributed by atoms with Crippen LogP contribution in [0, 0.1) is 6.92 Å². The van der Waals surface area contributed by atoms with Gasteiger partial charge in [0.15, 0.2) is 0 Å². The summed E-state index contributed by atoms with van der Waals surface area (Å²) in [5, 5.41) is 3.62. The van der Waals surface area contributed by atoms with Crippen molar-refractivity contribution in [1.82, 2.24) is 5.16 Å². The van der Waals surface area contributed by atoms with Crippen LogP contribution in [0.2, 0.25) is 0 Å². The van der Waals surface area contributed by atoms with Crippen LogP contribution in [0.25, 0.3) is 0 Å². The molecule has 1 aromatic carbocycles. The molecule has 2 rings (SSSR count). The summed E-state index contributed by atoms with van der Waals surface area (Å²) in [5.41, 5.74) is 7.05. The number of aromatic nitrogens is 1. The number of aryl methyl sites for hydroxylation is 1. The van der Waals surface area contributed by atoms with Crippen LogP contribution in [0.4, 0.5) is 11.6 Å². The third-order valence-electron chi connectivity index (χ3n) is 2.41. The molecule has 0 aliphatic heterocycles. The highest BCUT2D eigenvalue weighted by atomic mass is 32.2. The first-order valence-electron chi connectivity index (χ1n) is 5.87. The van der Waals surface area contributed by atoms with Crippen molar-refractivity contribution in [1.29, 1.82) is 0 Å². The van der Waals surface area contributed by atoms with Gasteiger partial charge in [-0.3, -0.25) is 4.72 Å². The largest absolute Gasteiger partial charge is 0.398 e. The van der Waals surface area contributed by atoms with E-state index in [0.29, 0.717) is 17.1 Å². The van der Waals surface area contributed by atoms with E-state index in [9.17, 15) is 8.42 Å². The zero-order valence-electron chi connectivity index (χ0n) is 10.9. The number of nitrogens with two attached hydrogens (primary N) is 1. The SMILES string of the molecule is Cc1cc(NS(=O)(=O)CCSc2ccccc2N)on1. The molecule has 2 aromatic rings. The van der Waals surface area contributed by atoms with Crippen LogP contribution in [0.15, 0.2) is 39.8 Å². The number of hydrogen-bond acceptors (Lipinski definition) is 6. The van der Waals surface area contributed by atoms with Crippen LogP contribution in [-0.2, 0) is 10.0 Å². The van der Waals surface area contributed by atoms with E-state index in [4.69, 9.17) is 10.3 Å². The van der Waals surface area contributed by atoms with E-state index >= 15 is 0 Å². The quantitative estimate of drug-likeness (QED) is 0.626. The molecule has 0 unspecified atom stereocenters. The fourth-order valence-electron chi connectivity index (χ4n) is 1.49. The van der Waals surface area contributed by atoms with Crippen molar-refractivity contribution >= 4 is 33.4 Å². The second-order valence-electron chi connectivity index (χ2n) is 4.14. The van der Waals surface area contributed by atoms with Crippen molar-refractivity contribution < 1.29 is 12.9 Å². The lowest BCUT2D eigenvalue weighted by Gasteiger charge is -2.06. The van der Waals surface area contributed by atoms with Crippen molar-refractivity contribution in [3.63, 3.8) is 0 Å². The Hall–Kier alpha value is -1.67. The summed E-state index contributed by atoms with van der Waals surface area (Å²) in [5.74, 6) is 0.495. The van der Waals surface area contributed by atoms with Crippen LogP contribution in [0.1, 0.15) is 5.69 Å². The minimum atomic E-state index is -3.45. The van der Waals surface area contributed by atoms with Crippen LogP contribution >= 0.6 is 11.8 Å². The molecule has 108 valence electrons. The second-order valence-corrected chi connectivity index (χ2v) is 7.12. The minimum Gasteiger partial charge on any atom is -0.398 e. The average molecular weight is 313 g/mol. The molecule has 0 spiro atoms. The molecule has 6 nitrogen and oxygen atoms in total. The maximum absolute atomic E-state index is 11.8. The molecule has 0 aliphatic rings. The standard InChI is InChI=1S/C12H15N3O3S2/c1-9-8-12(18-14-9)15-20(16,17)7-6-19-11-5-3-2-4-10(11)13/h2-5,8,15H,6-7,13H2,1H3. The number of anilines is 2. The summed E-state index contributed by atoms with van der Waals surface area (Å²) in [6.45, 7) is 1.72. The number of hydrogen-bond donors (Lipinski definition) is 2. The molecular weight excluding hydrogens is 298 g/mol. The number of thioether (sulfide) groups is 1. The lowest BCUT2D eigenvalue weighted by Crippen LogP contribution is -2.17. The molecule has 1 aromatic heterocycles. The molecule has 0 saturated carbocycles. The molecule has 3 N–H and O–H groups in total. The van der Waals surface area contributed by atoms with Crippen molar-refractivity contribution in [2.45, 2.75) is 11.8 Å². The van der Waals surface area contributed by atoms with Crippen LogP contribution in [0.3, 0.4) is 0 Å². The fourth-order valence-corrected chi connectivity index (χ4v) is 3.83. The molecule has 0 saturated heterocycles. The summed E-state index contributed by atoms with van der Waals surface area (Å²) >= 11 is 1.40. The molecule has 0 radical (unpaired) electrons. The van der Waals surface area contributed by atoms with Gasteiger partial charge in [0.05, 0.1) is 11.4 Å². The third kappa shape index (κ3) is 4.17. The molecular formula is C12H15N3O3S2. The number of nitrogen functional groups attached to an aromatic ring is 1. The third-order valence-corrected chi connectivity index (χ3v) is 5.02. The molecule has 0 fully saturated rings. The van der Waals surface area contributed by atoms with Gasteiger partial charge in [-0.1, -0.05) is 17.3 Å². The van der Waals surface area contributed by atoms with Gasteiger partial charge in [-0.2, -0.15) is 0 Å². The number of nitrogens with one attached hydrogen (secondary N) is 1. The first-order valence-corrected chi connectivity index (χ1v) is 8.51. The summed E-state index contributed by atoms with van der Waals surface area (Å²) < 4.78 is 30.8. The van der Waals surface area contributed by atoms with E-state index in [1.54, 1.807) is 13.0 Å². The molecule has 20 heavy (non-hydrogen) atoms. The Labute approximate surface area is 121 Å². The van der Waals surface area contributed by atoms with Crippen molar-refractivity contribution in [2.75, 3.05) is 22.0 Å². The van der Waals surface area contributed by atoms with Crippen molar-refractivity contribution in [3.8, 4) is 0 Å². The molecule has 0 aliphatic carbocycles. The predicted octanol–water partition coefficient (Wildman–Crippen LogP) is 2.10. The van der Waals surface area contributed by atoms with E-state index in [-0.39, 0.29) is 11.6 Å². The van der Waals surface area contributed by atoms with E-state index in [1.807, 2.05) is 18.2 Å². The first kappa shape index (κ1) is 14.7. The Bertz CT molecular complexity index is 683. The normalized spacial score (nSPS) is 11.4. The zero-order valence-corrected chi connectivity index (χ0v) is 12.5. The summed E-state index contributed by atoms with van der Waals surface area (Å²) in [7, 11) is -3.45. The lowest BCUT2D eigenvalue weighted by atomic mass is 10.3. The topological polar surface area (TPSA) is 98.2 Å². The number of nitrogens with zero attached hydrogens (tertiary/aromatic N) is 1. The van der Waals surface area contributed by atoms with Gasteiger partial charge in [-0.25, -0.2) is 8.42 Å². The maximum Gasteiger partial charge on any atom is 0.238 e. The highest BCUT2D eigenvalue weighted by Crippen LogP contribution is 2.24. The van der Waals surface area contributed by atoms with Gasteiger partial charge in [0.2, 0.25) is 15.9 Å². The van der Waals surface area contributed by atoms with Gasteiger partial charge >= 0.3 is 0 Å². The van der Waals surface area contributed by atoms with E-state index in [1.165, 1.54) is 17.8 Å². The fraction of sp³-hybridized carbons (Fsp3) is 0.250. The number of benzene rings is 1. The Morgan fingerprint density at radius 2 is 2.15 bits per heavy atom. The van der Waals surface area contributed by atoms with Gasteiger partial charge in [0.25, 0.3) is 0 Å². The Morgan fingerprint density at radius 3 is 2.80 bits per heavy atom. The van der Waals surface area contributed by atoms with Crippen LogP contribution in [-0.4, -0.2) is 25.1 Å². The highest BCUT2D eigenvalue weighted by molar-refractivity contribution is 8.01. The minimum absolute atomic E-state index is 0.0360. The first-order chi connectivity index (χ1) is 9.46. The smallest absolute Gasteiger partial charge is 0.238 e. The van der Waals surface area contributed by atoms with E-state index < -0.39 is 10.0 Å². The van der Waals surface area contributed by atoms with Gasteiger partial charge in [0.1, 0.15) is 0 Å². The highest BCUT2D eigenvalue weighted by Gasteiger charge is 2.13. The van der Waals surface area contributed by atoms with Crippen molar-refractivity contribution in [2.24, 2.45) is 0 Å². The molecule has 0 bridgehead atoms. The molecule has 8 heteroatoms. The monoisotopic (exact) mass is 313 g/mol. The maximum atomic E-state index is 11.8. The van der Waals surface area contributed by atoms with Gasteiger partial charge in [-0.15, -0.1) is 11.8 Å². The van der Waals surface area contributed by atoms with E-state index in [2.05, 4.69) is 9.88 Å². The molecule has 0 atom stereocenters. The van der Waals surface area contributed by atoms with Gasteiger partial charge in [0, 0.05) is 22.4 Å². The van der Waals surface area contributed by atoms with E-state index in [0.717, 1.165) is 4.90 Å². The lowest BCUT2D eigenvalue weighted by molar-refractivity contribution is 0.430. The predicted molar refractivity (Wildman–Crippen MR) is 80.2 cm³/mol. The van der Waals surface area contributed by atoms with Crippen LogP contribution in [0.5, 0.6) is 0 Å². The summed E-state index contributed by atoms with van der Waals surface area (Å²) in [4.78, 5) is 0.873. The Morgan fingerprint density at radius 1 is 1.40 bits per heavy atom. The molecule has 1 heterocycles. The van der Waals surface area contributed by atoms with Gasteiger partial charge in [-0.05, 0) is 19.1 Å². The second kappa shape index (κ2) is 6.19. The summed E-state index contributed by atoms with van der Waals surface area (Å²) in [6, 6.07) is 8.87. The number of sulfonamides is 1. The van der Waals surface area contributed by atoms with Crippen molar-refractivity contribution in [3.05, 3.63) is 36.0 Å². The summed E-state index contributed by atoms with van der Waals surface area (Å²) in [6.07, 6.45) is 0. The van der Waals surface area contributed by atoms with Gasteiger partial charge < -0.3 is 10.3 Å². The number of para-hydroxylation sites is 1. The Balaban J connectivity index is 1.88. The zero-order chi connectivity index (χ0) is 14.6. The van der Waals surface area contributed by atoms with Crippen LogP contribution < -0.4 is 10.5 Å². The average Bonchev–Trinajstić information content (AvgIpc) is 2.76.